The van der Waals surface area contributed by atoms with Gasteiger partial charge in [0.2, 0.25) is 0 Å². The van der Waals surface area contributed by atoms with E-state index in [1.165, 1.54) is 0 Å². The molecular weight excluding hydrogens is 486 g/mol. The molecule has 0 aliphatic heterocycles. The van der Waals surface area contributed by atoms with Gasteiger partial charge in [0.25, 0.3) is 5.91 Å². The molecule has 0 spiro atoms. The maximum Gasteiger partial charge on any atom is 0.255 e. The van der Waals surface area contributed by atoms with Crippen LogP contribution < -0.4 is 10.1 Å². The number of thioether (sulfide) groups is 1. The predicted molar refractivity (Wildman–Crippen MR) is 150 cm³/mol. The largest absolute Gasteiger partial charge is 0.497 e. The van der Waals surface area contributed by atoms with E-state index < -0.39 is 8.32 Å². The van der Waals surface area contributed by atoms with Crippen LogP contribution in [0.1, 0.15) is 35.3 Å². The Morgan fingerprint density at radius 2 is 1.83 bits per heavy atom. The number of aromatic nitrogens is 2. The Bertz CT molecular complexity index is 1360. The molecule has 0 bridgehead atoms. The number of nitrogens with zero attached hydrogens (tertiary/aromatic N) is 1. The SMILES string of the molecule is COc1ccc2[nH]c(SCc3ccc(C(=O)Nc4ccccc4CC(C)(C)[Si](C)(C)O)cc3)nc2c1. The highest BCUT2D eigenvalue weighted by molar-refractivity contribution is 7.98. The van der Waals surface area contributed by atoms with Crippen molar-refractivity contribution < 1.29 is 14.3 Å². The summed E-state index contributed by atoms with van der Waals surface area (Å²) in [5.74, 6) is 1.37. The van der Waals surface area contributed by atoms with Gasteiger partial charge in [-0.25, -0.2) is 4.98 Å². The molecule has 8 heteroatoms. The van der Waals surface area contributed by atoms with Gasteiger partial charge < -0.3 is 19.8 Å². The van der Waals surface area contributed by atoms with Gasteiger partial charge in [0.1, 0.15) is 5.75 Å². The van der Waals surface area contributed by atoms with Crippen molar-refractivity contribution in [3.8, 4) is 5.75 Å². The zero-order valence-electron chi connectivity index (χ0n) is 21.4. The molecule has 0 saturated heterocycles. The summed E-state index contributed by atoms with van der Waals surface area (Å²) >= 11 is 1.61. The standard InChI is InChI=1S/C28H33N3O3SSi/c1-28(2,36(4,5)33)17-21-8-6-7-9-23(21)29-26(32)20-12-10-19(11-13-20)18-35-27-30-24-15-14-22(34-3)16-25(24)31-27/h6-16,33H,17-18H2,1-5H3,(H,29,32)(H,30,31). The van der Waals surface area contributed by atoms with Crippen LogP contribution in [0.15, 0.2) is 71.9 Å². The number of rotatable bonds is 9. The van der Waals surface area contributed by atoms with E-state index in [0.29, 0.717) is 12.0 Å². The van der Waals surface area contributed by atoms with Crippen LogP contribution in [0.5, 0.6) is 5.75 Å². The number of anilines is 1. The fourth-order valence-corrected chi connectivity index (χ4v) is 5.21. The second kappa shape index (κ2) is 10.5. The number of carbonyl (C=O) groups is 1. The first-order valence-electron chi connectivity index (χ1n) is 11.9. The highest BCUT2D eigenvalue weighted by atomic mass is 32.2. The van der Waals surface area contributed by atoms with E-state index in [4.69, 9.17) is 4.74 Å². The summed E-state index contributed by atoms with van der Waals surface area (Å²) in [6, 6.07) is 21.3. The first kappa shape index (κ1) is 26.0. The fraction of sp³-hybridized carbons (Fsp3) is 0.286. The van der Waals surface area contributed by atoms with E-state index in [1.807, 2.05) is 79.8 Å². The van der Waals surface area contributed by atoms with E-state index in [0.717, 1.165) is 44.5 Å². The van der Waals surface area contributed by atoms with Gasteiger partial charge in [-0.2, -0.15) is 0 Å². The van der Waals surface area contributed by atoms with Crippen molar-refractivity contribution in [2.75, 3.05) is 12.4 Å². The number of H-pyrrole nitrogens is 1. The van der Waals surface area contributed by atoms with Crippen LogP contribution in [0.4, 0.5) is 5.69 Å². The van der Waals surface area contributed by atoms with Crippen molar-refractivity contribution in [3.63, 3.8) is 0 Å². The van der Waals surface area contributed by atoms with Crippen LogP contribution in [-0.2, 0) is 12.2 Å². The molecule has 36 heavy (non-hydrogen) atoms. The Labute approximate surface area is 217 Å². The van der Waals surface area contributed by atoms with Crippen LogP contribution in [0.25, 0.3) is 11.0 Å². The molecule has 3 aromatic carbocycles. The van der Waals surface area contributed by atoms with Gasteiger partial charge in [0, 0.05) is 23.1 Å². The molecule has 0 radical (unpaired) electrons. The topological polar surface area (TPSA) is 87.2 Å². The second-order valence-electron chi connectivity index (χ2n) is 10.1. The van der Waals surface area contributed by atoms with Gasteiger partial charge in [0.05, 0.1) is 18.1 Å². The summed E-state index contributed by atoms with van der Waals surface area (Å²) in [7, 11) is -0.730. The number of imidazole rings is 1. The summed E-state index contributed by atoms with van der Waals surface area (Å²) in [5, 5.41) is 3.69. The van der Waals surface area contributed by atoms with E-state index in [2.05, 4.69) is 29.1 Å². The number of hydrogen-bond donors (Lipinski definition) is 3. The lowest BCUT2D eigenvalue weighted by atomic mass is 10.00. The summed E-state index contributed by atoms with van der Waals surface area (Å²) in [4.78, 5) is 31.6. The lowest BCUT2D eigenvalue weighted by Crippen LogP contribution is -2.40. The molecule has 4 aromatic rings. The van der Waals surface area contributed by atoms with E-state index >= 15 is 0 Å². The number of hydrogen-bond acceptors (Lipinski definition) is 5. The zero-order chi connectivity index (χ0) is 25.9. The van der Waals surface area contributed by atoms with E-state index in [9.17, 15) is 9.59 Å². The monoisotopic (exact) mass is 519 g/mol. The lowest BCUT2D eigenvalue weighted by molar-refractivity contribution is 0.102. The van der Waals surface area contributed by atoms with Crippen molar-refractivity contribution >= 4 is 42.7 Å². The molecule has 188 valence electrons. The Morgan fingerprint density at radius 3 is 2.53 bits per heavy atom. The van der Waals surface area contributed by atoms with Crippen molar-refractivity contribution in [1.82, 2.24) is 9.97 Å². The molecule has 1 amide bonds. The average molecular weight is 520 g/mol. The van der Waals surface area contributed by atoms with Crippen molar-refractivity contribution in [1.29, 1.82) is 0 Å². The minimum absolute atomic E-state index is 0.147. The molecule has 4 rings (SSSR count). The second-order valence-corrected chi connectivity index (χ2v) is 15.6. The number of nitrogens with one attached hydrogen (secondary N) is 2. The molecular formula is C28H33N3O3SSi. The first-order valence-corrected chi connectivity index (χ1v) is 15.9. The number of amides is 1. The summed E-state index contributed by atoms with van der Waals surface area (Å²) in [6.07, 6.45) is 0.698. The highest BCUT2D eigenvalue weighted by Crippen LogP contribution is 2.40. The van der Waals surface area contributed by atoms with Crippen molar-refractivity contribution in [3.05, 3.63) is 83.4 Å². The van der Waals surface area contributed by atoms with Crippen molar-refractivity contribution in [2.24, 2.45) is 0 Å². The van der Waals surface area contributed by atoms with Crippen LogP contribution in [-0.4, -0.2) is 36.1 Å². The van der Waals surface area contributed by atoms with Crippen LogP contribution >= 0.6 is 11.8 Å². The number of benzene rings is 3. The summed E-state index contributed by atoms with van der Waals surface area (Å²) < 4.78 is 5.27. The van der Waals surface area contributed by atoms with E-state index in [-0.39, 0.29) is 10.9 Å². The fourth-order valence-electron chi connectivity index (χ4n) is 3.74. The van der Waals surface area contributed by atoms with Crippen LogP contribution in [0.3, 0.4) is 0 Å². The maximum absolute atomic E-state index is 13.0. The smallest absolute Gasteiger partial charge is 0.255 e. The van der Waals surface area contributed by atoms with Crippen LogP contribution in [0, 0.1) is 0 Å². The minimum atomic E-state index is -2.37. The third kappa shape index (κ3) is 6.00. The average Bonchev–Trinajstić information content (AvgIpc) is 3.25. The van der Waals surface area contributed by atoms with Crippen LogP contribution in [0.2, 0.25) is 18.1 Å². The molecule has 0 fully saturated rings. The lowest BCUT2D eigenvalue weighted by Gasteiger charge is -2.35. The number of para-hydroxylation sites is 1. The van der Waals surface area contributed by atoms with Gasteiger partial charge in [-0.15, -0.1) is 0 Å². The van der Waals surface area contributed by atoms with Gasteiger partial charge in [-0.1, -0.05) is 55.9 Å². The normalized spacial score (nSPS) is 12.1. The molecule has 1 aromatic heterocycles. The third-order valence-corrected chi connectivity index (χ3v) is 11.2. The Hall–Kier alpha value is -3.07. The quantitative estimate of drug-likeness (QED) is 0.170. The number of fused-ring (bicyclic) bond motifs is 1. The van der Waals surface area contributed by atoms with Gasteiger partial charge in [0.15, 0.2) is 13.5 Å². The Morgan fingerprint density at radius 1 is 1.11 bits per heavy atom. The molecule has 6 nitrogen and oxygen atoms in total. The molecule has 0 atom stereocenters. The molecule has 1 heterocycles. The van der Waals surface area contributed by atoms with Gasteiger partial charge in [-0.3, -0.25) is 4.79 Å². The Kier molecular flexibility index (Phi) is 7.58. The maximum atomic E-state index is 13.0. The van der Waals surface area contributed by atoms with E-state index in [1.54, 1.807) is 18.9 Å². The number of ether oxygens (including phenoxy) is 1. The van der Waals surface area contributed by atoms with Crippen molar-refractivity contribution in [2.45, 2.75) is 49.3 Å². The minimum Gasteiger partial charge on any atom is -0.497 e. The molecule has 0 unspecified atom stereocenters. The molecule has 0 aliphatic rings. The van der Waals surface area contributed by atoms with Gasteiger partial charge >= 0.3 is 0 Å². The summed E-state index contributed by atoms with van der Waals surface area (Å²) in [5.41, 5.74) is 5.37. The Balaban J connectivity index is 1.40. The highest BCUT2D eigenvalue weighted by Gasteiger charge is 2.38. The number of carbonyl (C=O) groups excluding carboxylic acids is 1. The number of aromatic amines is 1. The first-order chi connectivity index (χ1) is 17.1. The molecule has 0 aliphatic carbocycles. The molecule has 3 N–H and O–H groups in total. The predicted octanol–water partition coefficient (Wildman–Crippen LogP) is 6.64. The third-order valence-electron chi connectivity index (χ3n) is 6.81. The number of methoxy groups -OCH3 is 1. The zero-order valence-corrected chi connectivity index (χ0v) is 23.2. The van der Waals surface area contributed by atoms with Gasteiger partial charge in [-0.05, 0) is 66.0 Å². The summed E-state index contributed by atoms with van der Waals surface area (Å²) in [6.45, 7) is 8.10. The molecule has 0 saturated carbocycles.